The van der Waals surface area contributed by atoms with E-state index in [1.165, 1.54) is 23.4 Å². The number of hydrogen-bond acceptors (Lipinski definition) is 4. The first-order valence-electron chi connectivity index (χ1n) is 6.41. The molecule has 0 aliphatic carbocycles. The van der Waals surface area contributed by atoms with Crippen LogP contribution in [-0.2, 0) is 23.0 Å². The quantitative estimate of drug-likeness (QED) is 0.899. The van der Waals surface area contributed by atoms with Gasteiger partial charge in [-0.15, -0.1) is 0 Å². The van der Waals surface area contributed by atoms with Crippen molar-refractivity contribution in [2.24, 2.45) is 0 Å². The van der Waals surface area contributed by atoms with Crippen LogP contribution in [-0.4, -0.2) is 19.9 Å². The number of hydrogen-bond donors (Lipinski definition) is 2. The molecule has 0 amide bonds. The van der Waals surface area contributed by atoms with Crippen molar-refractivity contribution in [1.82, 2.24) is 10.3 Å². The molecule has 2 aromatic rings. The molecule has 2 heterocycles. The highest BCUT2D eigenvalue weighted by Crippen LogP contribution is 2.21. The van der Waals surface area contributed by atoms with Crippen LogP contribution in [0.25, 0.3) is 0 Å². The van der Waals surface area contributed by atoms with Crippen molar-refractivity contribution in [2.45, 2.75) is 18.0 Å². The van der Waals surface area contributed by atoms with Crippen LogP contribution in [0.15, 0.2) is 47.6 Å². The van der Waals surface area contributed by atoms with Gasteiger partial charge in [0.15, 0.2) is 5.03 Å². The van der Waals surface area contributed by atoms with E-state index in [1.54, 1.807) is 18.2 Å². The van der Waals surface area contributed by atoms with E-state index >= 15 is 0 Å². The van der Waals surface area contributed by atoms with E-state index in [4.69, 9.17) is 0 Å². The molecule has 0 fully saturated rings. The number of rotatable bonds is 3. The van der Waals surface area contributed by atoms with Gasteiger partial charge < -0.3 is 5.32 Å². The average molecular weight is 289 g/mol. The van der Waals surface area contributed by atoms with E-state index in [2.05, 4.69) is 15.0 Å². The Morgan fingerprint density at radius 1 is 1.15 bits per heavy atom. The third kappa shape index (κ3) is 2.66. The predicted octanol–water partition coefficient (Wildman–Crippen LogP) is 1.53. The number of sulfonamides is 1. The predicted molar refractivity (Wildman–Crippen MR) is 76.9 cm³/mol. The van der Waals surface area contributed by atoms with Crippen LogP contribution in [0.1, 0.15) is 11.1 Å². The molecule has 0 saturated carbocycles. The van der Waals surface area contributed by atoms with Gasteiger partial charge >= 0.3 is 0 Å². The molecule has 20 heavy (non-hydrogen) atoms. The van der Waals surface area contributed by atoms with Crippen molar-refractivity contribution in [3.8, 4) is 0 Å². The lowest BCUT2D eigenvalue weighted by Crippen LogP contribution is -2.23. The highest BCUT2D eigenvalue weighted by molar-refractivity contribution is 7.92. The molecule has 0 saturated heterocycles. The molecule has 5 nitrogen and oxygen atoms in total. The van der Waals surface area contributed by atoms with E-state index in [0.717, 1.165) is 19.5 Å². The lowest BCUT2D eigenvalue weighted by Gasteiger charge is -2.18. The number of fused-ring (bicyclic) bond motifs is 1. The Hall–Kier alpha value is -1.92. The molecule has 1 aliphatic rings. The summed E-state index contributed by atoms with van der Waals surface area (Å²) < 4.78 is 26.9. The zero-order chi connectivity index (χ0) is 14.0. The molecule has 6 heteroatoms. The minimum Gasteiger partial charge on any atom is -0.312 e. The molecule has 1 aliphatic heterocycles. The summed E-state index contributed by atoms with van der Waals surface area (Å²) in [5, 5.41) is 3.31. The van der Waals surface area contributed by atoms with Crippen LogP contribution >= 0.6 is 0 Å². The Kier molecular flexibility index (Phi) is 3.42. The molecule has 1 aromatic heterocycles. The van der Waals surface area contributed by atoms with Crippen LogP contribution in [0.2, 0.25) is 0 Å². The van der Waals surface area contributed by atoms with E-state index in [1.807, 2.05) is 12.1 Å². The topological polar surface area (TPSA) is 71.1 Å². The summed E-state index contributed by atoms with van der Waals surface area (Å²) in [5.74, 6) is 0. The molecule has 0 atom stereocenters. The zero-order valence-corrected chi connectivity index (χ0v) is 11.7. The first kappa shape index (κ1) is 13.1. The molecule has 0 radical (unpaired) electrons. The summed E-state index contributed by atoms with van der Waals surface area (Å²) >= 11 is 0. The standard InChI is InChI=1S/C14H15N3O2S/c18-20(19,14-3-1-2-7-16-14)17-13-5-4-12-10-15-8-6-11(12)9-13/h1-5,7,9,15,17H,6,8,10H2. The van der Waals surface area contributed by atoms with Gasteiger partial charge in [-0.2, -0.15) is 8.42 Å². The molecule has 104 valence electrons. The maximum atomic E-state index is 12.2. The maximum Gasteiger partial charge on any atom is 0.279 e. The van der Waals surface area contributed by atoms with Crippen molar-refractivity contribution in [2.75, 3.05) is 11.3 Å². The van der Waals surface area contributed by atoms with Gasteiger partial charge in [0, 0.05) is 18.4 Å². The number of aromatic nitrogens is 1. The van der Waals surface area contributed by atoms with Crippen LogP contribution in [0, 0.1) is 0 Å². The van der Waals surface area contributed by atoms with Crippen molar-refractivity contribution in [3.05, 3.63) is 53.7 Å². The summed E-state index contributed by atoms with van der Waals surface area (Å²) in [4.78, 5) is 3.87. The number of nitrogens with one attached hydrogen (secondary N) is 2. The first-order chi connectivity index (χ1) is 9.65. The van der Waals surface area contributed by atoms with Crippen LogP contribution in [0.5, 0.6) is 0 Å². The van der Waals surface area contributed by atoms with Crippen LogP contribution < -0.4 is 10.0 Å². The smallest absolute Gasteiger partial charge is 0.279 e. The molecular formula is C14H15N3O2S. The minimum absolute atomic E-state index is 0.0272. The van der Waals surface area contributed by atoms with E-state index in [9.17, 15) is 8.42 Å². The fourth-order valence-corrected chi connectivity index (χ4v) is 3.25. The van der Waals surface area contributed by atoms with Gasteiger partial charge in [-0.05, 0) is 48.4 Å². The highest BCUT2D eigenvalue weighted by Gasteiger charge is 2.16. The largest absolute Gasteiger partial charge is 0.312 e. The highest BCUT2D eigenvalue weighted by atomic mass is 32.2. The Morgan fingerprint density at radius 2 is 2.05 bits per heavy atom. The lowest BCUT2D eigenvalue weighted by atomic mass is 10.0. The zero-order valence-electron chi connectivity index (χ0n) is 10.8. The maximum absolute atomic E-state index is 12.2. The van der Waals surface area contributed by atoms with Gasteiger partial charge in [0.25, 0.3) is 10.0 Å². The van der Waals surface area contributed by atoms with Crippen molar-refractivity contribution >= 4 is 15.7 Å². The Labute approximate surface area is 118 Å². The molecule has 0 bridgehead atoms. The molecule has 1 aromatic carbocycles. The third-order valence-electron chi connectivity index (χ3n) is 3.26. The molecule has 0 spiro atoms. The van der Waals surface area contributed by atoms with Gasteiger partial charge in [0.1, 0.15) is 0 Å². The molecule has 2 N–H and O–H groups in total. The second kappa shape index (κ2) is 5.22. The van der Waals surface area contributed by atoms with Crippen LogP contribution in [0.4, 0.5) is 5.69 Å². The first-order valence-corrected chi connectivity index (χ1v) is 7.90. The van der Waals surface area contributed by atoms with Gasteiger partial charge in [0.2, 0.25) is 0 Å². The second-order valence-corrected chi connectivity index (χ2v) is 6.31. The number of nitrogens with zero attached hydrogens (tertiary/aromatic N) is 1. The second-order valence-electron chi connectivity index (χ2n) is 4.68. The van der Waals surface area contributed by atoms with Gasteiger partial charge in [-0.3, -0.25) is 4.72 Å². The summed E-state index contributed by atoms with van der Waals surface area (Å²) in [6.07, 6.45) is 2.38. The van der Waals surface area contributed by atoms with Gasteiger partial charge in [-0.1, -0.05) is 12.1 Å². The Morgan fingerprint density at radius 3 is 2.85 bits per heavy atom. The van der Waals surface area contributed by atoms with Crippen molar-refractivity contribution < 1.29 is 8.42 Å². The summed E-state index contributed by atoms with van der Waals surface area (Å²) in [5.41, 5.74) is 2.98. The number of anilines is 1. The van der Waals surface area contributed by atoms with E-state index < -0.39 is 10.0 Å². The van der Waals surface area contributed by atoms with Gasteiger partial charge in [0.05, 0.1) is 0 Å². The van der Waals surface area contributed by atoms with E-state index in [-0.39, 0.29) is 5.03 Å². The number of pyridine rings is 1. The molecular weight excluding hydrogens is 274 g/mol. The minimum atomic E-state index is -3.62. The molecule has 3 rings (SSSR count). The van der Waals surface area contributed by atoms with Crippen molar-refractivity contribution in [1.29, 1.82) is 0 Å². The normalized spacial score (nSPS) is 14.6. The summed E-state index contributed by atoms with van der Waals surface area (Å²) in [6.45, 7) is 1.76. The fraction of sp³-hybridized carbons (Fsp3) is 0.214. The molecule has 0 unspecified atom stereocenters. The Bertz CT molecular complexity index is 714. The van der Waals surface area contributed by atoms with Crippen LogP contribution in [0.3, 0.4) is 0 Å². The summed E-state index contributed by atoms with van der Waals surface area (Å²) in [6, 6.07) is 10.5. The monoisotopic (exact) mass is 289 g/mol. The van der Waals surface area contributed by atoms with Gasteiger partial charge in [-0.25, -0.2) is 4.98 Å². The SMILES string of the molecule is O=S(=O)(Nc1ccc2c(c1)CCNC2)c1ccccn1. The third-order valence-corrected chi connectivity index (χ3v) is 4.55. The summed E-state index contributed by atoms with van der Waals surface area (Å²) in [7, 11) is -3.62. The fourth-order valence-electron chi connectivity index (χ4n) is 2.25. The lowest BCUT2D eigenvalue weighted by molar-refractivity contribution is 0.597. The average Bonchev–Trinajstić information content (AvgIpc) is 2.48. The Balaban J connectivity index is 1.88. The van der Waals surface area contributed by atoms with E-state index in [0.29, 0.717) is 5.69 Å². The van der Waals surface area contributed by atoms with Crippen molar-refractivity contribution in [3.63, 3.8) is 0 Å². The number of benzene rings is 1.